The van der Waals surface area contributed by atoms with Crippen LogP contribution in [-0.2, 0) is 19.1 Å². The average Bonchev–Trinajstić information content (AvgIpc) is 3.36. The van der Waals surface area contributed by atoms with Crippen molar-refractivity contribution in [3.8, 4) is 5.75 Å². The Morgan fingerprint density at radius 1 is 1.09 bits per heavy atom. The molecule has 2 saturated heterocycles. The summed E-state index contributed by atoms with van der Waals surface area (Å²) in [5.74, 6) is -1.15. The van der Waals surface area contributed by atoms with Gasteiger partial charge in [0.25, 0.3) is 5.91 Å². The number of ether oxygens (including phenoxy) is 2. The number of cyclic esters (lactones) is 1. The highest BCUT2D eigenvalue weighted by Crippen LogP contribution is 2.30. The topological polar surface area (TPSA) is 134 Å². The van der Waals surface area contributed by atoms with Crippen LogP contribution in [0.2, 0.25) is 0 Å². The van der Waals surface area contributed by atoms with E-state index in [0.717, 1.165) is 0 Å². The molecule has 10 heteroatoms. The van der Waals surface area contributed by atoms with Crippen LogP contribution in [0.15, 0.2) is 36.4 Å². The van der Waals surface area contributed by atoms with E-state index in [0.29, 0.717) is 37.0 Å². The van der Waals surface area contributed by atoms with E-state index in [4.69, 9.17) is 4.74 Å². The van der Waals surface area contributed by atoms with Crippen molar-refractivity contribution in [1.82, 2.24) is 15.5 Å². The summed E-state index contributed by atoms with van der Waals surface area (Å²) in [6, 6.07) is 3.96. The zero-order valence-electron chi connectivity index (χ0n) is 18.2. The third kappa shape index (κ3) is 4.85. The maximum Gasteiger partial charge on any atom is 0.310 e. The Morgan fingerprint density at radius 2 is 1.82 bits per heavy atom. The Kier molecular flexibility index (Phi) is 6.64. The van der Waals surface area contributed by atoms with Gasteiger partial charge in [-0.3, -0.25) is 19.2 Å². The summed E-state index contributed by atoms with van der Waals surface area (Å²) in [6.45, 7) is 0. The SMILES string of the molecule is COc1ccc(C(=O)N[C@H]2C/C=C\C[C@@H]3CC[C@@H](C(=O)NC4CC(=O)OC4O)N3C2=O)cc1. The molecular weight excluding hydrogens is 430 g/mol. The Hall–Kier alpha value is -3.40. The van der Waals surface area contributed by atoms with Gasteiger partial charge >= 0.3 is 5.97 Å². The summed E-state index contributed by atoms with van der Waals surface area (Å²) >= 11 is 0. The number of fused-ring (bicyclic) bond motifs is 1. The van der Waals surface area contributed by atoms with E-state index < -0.39 is 42.2 Å². The van der Waals surface area contributed by atoms with Crippen LogP contribution in [0.1, 0.15) is 42.5 Å². The second-order valence-corrected chi connectivity index (χ2v) is 8.39. The molecule has 0 saturated carbocycles. The van der Waals surface area contributed by atoms with Crippen molar-refractivity contribution in [2.75, 3.05) is 7.11 Å². The van der Waals surface area contributed by atoms with Crippen molar-refractivity contribution in [2.45, 2.75) is 62.6 Å². The van der Waals surface area contributed by atoms with Gasteiger partial charge in [0.05, 0.1) is 13.5 Å². The van der Waals surface area contributed by atoms with Gasteiger partial charge in [0.2, 0.25) is 18.1 Å². The lowest BCUT2D eigenvalue weighted by Crippen LogP contribution is -2.57. The maximum absolute atomic E-state index is 13.5. The normalized spacial score (nSPS) is 30.0. The van der Waals surface area contributed by atoms with Gasteiger partial charge < -0.3 is 30.1 Å². The van der Waals surface area contributed by atoms with E-state index in [2.05, 4.69) is 15.4 Å². The lowest BCUT2D eigenvalue weighted by Gasteiger charge is -2.34. The molecule has 3 amide bonds. The van der Waals surface area contributed by atoms with E-state index in [1.165, 1.54) is 7.11 Å². The average molecular weight is 457 g/mol. The van der Waals surface area contributed by atoms with Crippen LogP contribution >= 0.6 is 0 Å². The maximum atomic E-state index is 13.5. The van der Waals surface area contributed by atoms with Crippen molar-refractivity contribution in [3.05, 3.63) is 42.0 Å². The molecule has 2 unspecified atom stereocenters. The van der Waals surface area contributed by atoms with E-state index in [-0.39, 0.29) is 18.4 Å². The number of aliphatic hydroxyl groups is 1. The van der Waals surface area contributed by atoms with Gasteiger partial charge in [-0.25, -0.2) is 0 Å². The van der Waals surface area contributed by atoms with E-state index in [9.17, 15) is 24.3 Å². The first-order valence-electron chi connectivity index (χ1n) is 11.0. The summed E-state index contributed by atoms with van der Waals surface area (Å²) in [7, 11) is 1.53. The van der Waals surface area contributed by atoms with Gasteiger partial charge in [-0.1, -0.05) is 12.2 Å². The van der Waals surface area contributed by atoms with E-state index >= 15 is 0 Å². The fourth-order valence-electron chi connectivity index (χ4n) is 4.52. The number of carbonyl (C=O) groups is 4. The number of carbonyl (C=O) groups excluding carboxylic acids is 4. The predicted octanol–water partition coefficient (Wildman–Crippen LogP) is 0.253. The minimum atomic E-state index is -1.40. The van der Waals surface area contributed by atoms with Gasteiger partial charge in [-0.05, 0) is 49.9 Å². The molecule has 10 nitrogen and oxygen atoms in total. The predicted molar refractivity (Wildman–Crippen MR) is 115 cm³/mol. The van der Waals surface area contributed by atoms with Crippen molar-refractivity contribution < 1.29 is 33.8 Å². The van der Waals surface area contributed by atoms with Crippen LogP contribution in [0.5, 0.6) is 5.75 Å². The molecule has 0 spiro atoms. The summed E-state index contributed by atoms with van der Waals surface area (Å²) in [5.41, 5.74) is 0.391. The highest BCUT2D eigenvalue weighted by atomic mass is 16.6. The van der Waals surface area contributed by atoms with E-state index in [1.807, 2.05) is 12.2 Å². The Labute approximate surface area is 190 Å². The van der Waals surface area contributed by atoms with Crippen molar-refractivity contribution in [2.24, 2.45) is 0 Å². The molecule has 0 aromatic heterocycles. The number of amides is 3. The molecule has 0 bridgehead atoms. The van der Waals surface area contributed by atoms with Crippen molar-refractivity contribution >= 4 is 23.7 Å². The Bertz CT molecular complexity index is 961. The first kappa shape index (κ1) is 22.8. The summed E-state index contributed by atoms with van der Waals surface area (Å²) in [6.07, 6.45) is 4.32. The number of benzene rings is 1. The molecule has 1 aromatic rings. The van der Waals surface area contributed by atoms with Crippen LogP contribution in [0.3, 0.4) is 0 Å². The van der Waals surface area contributed by atoms with Gasteiger partial charge in [-0.2, -0.15) is 0 Å². The Balaban J connectivity index is 1.48. The molecular formula is C23H27N3O7. The fourth-order valence-corrected chi connectivity index (χ4v) is 4.52. The molecule has 3 N–H and O–H groups in total. The molecule has 3 heterocycles. The fraction of sp³-hybridized carbons (Fsp3) is 0.478. The molecule has 0 radical (unpaired) electrons. The van der Waals surface area contributed by atoms with Crippen LogP contribution in [0.4, 0.5) is 0 Å². The summed E-state index contributed by atoms with van der Waals surface area (Å²) in [4.78, 5) is 52.1. The van der Waals surface area contributed by atoms with Crippen LogP contribution in [-0.4, -0.2) is 71.3 Å². The van der Waals surface area contributed by atoms with Gasteiger partial charge in [0, 0.05) is 11.6 Å². The second-order valence-electron chi connectivity index (χ2n) is 8.39. The smallest absolute Gasteiger partial charge is 0.310 e. The third-order valence-electron chi connectivity index (χ3n) is 6.27. The quantitative estimate of drug-likeness (QED) is 0.426. The number of nitrogens with one attached hydrogen (secondary N) is 2. The van der Waals surface area contributed by atoms with Crippen LogP contribution in [0.25, 0.3) is 0 Å². The summed E-state index contributed by atoms with van der Waals surface area (Å²) < 4.78 is 9.78. The highest BCUT2D eigenvalue weighted by Gasteiger charge is 2.45. The number of methoxy groups -OCH3 is 1. The molecule has 5 atom stereocenters. The number of nitrogens with zero attached hydrogens (tertiary/aromatic N) is 1. The molecule has 33 heavy (non-hydrogen) atoms. The molecule has 176 valence electrons. The largest absolute Gasteiger partial charge is 0.497 e. The molecule has 4 rings (SSSR count). The van der Waals surface area contributed by atoms with Gasteiger partial charge in [0.15, 0.2) is 0 Å². The third-order valence-corrected chi connectivity index (χ3v) is 6.27. The second kappa shape index (κ2) is 9.62. The Morgan fingerprint density at radius 3 is 2.48 bits per heavy atom. The number of esters is 1. The zero-order valence-corrected chi connectivity index (χ0v) is 18.2. The first-order valence-corrected chi connectivity index (χ1v) is 11.0. The van der Waals surface area contributed by atoms with E-state index in [1.54, 1.807) is 29.2 Å². The number of hydrogen-bond donors (Lipinski definition) is 3. The van der Waals surface area contributed by atoms with Crippen molar-refractivity contribution in [1.29, 1.82) is 0 Å². The molecule has 0 aliphatic carbocycles. The van der Waals surface area contributed by atoms with Crippen LogP contribution in [0, 0.1) is 0 Å². The van der Waals surface area contributed by atoms with Gasteiger partial charge in [0.1, 0.15) is 23.9 Å². The monoisotopic (exact) mass is 457 g/mol. The van der Waals surface area contributed by atoms with Gasteiger partial charge in [-0.15, -0.1) is 0 Å². The number of hydrogen-bond acceptors (Lipinski definition) is 7. The minimum Gasteiger partial charge on any atom is -0.497 e. The lowest BCUT2D eigenvalue weighted by molar-refractivity contribution is -0.155. The number of aliphatic hydroxyl groups excluding tert-OH is 1. The molecule has 2 fully saturated rings. The number of rotatable bonds is 5. The molecule has 3 aliphatic rings. The standard InChI is InChI=1S/C23H27N3O7/c1-32-15-9-6-13(7-10-15)20(28)24-16-5-3-2-4-14-8-11-18(26(14)22(16)30)21(29)25-17-12-19(27)33-23(17)31/h2-3,6-7,9-10,14,16-18,23,31H,4-5,8,11-12H2,1H3,(H,24,28)(H,25,29)/b3-2-/t14-,16+,17?,18+,23?/m1/s1. The highest BCUT2D eigenvalue weighted by molar-refractivity contribution is 5.99. The summed E-state index contributed by atoms with van der Waals surface area (Å²) in [5, 5.41) is 15.2. The minimum absolute atomic E-state index is 0.125. The first-order chi connectivity index (χ1) is 15.9. The van der Waals surface area contributed by atoms with Crippen molar-refractivity contribution in [3.63, 3.8) is 0 Å². The molecule has 3 aliphatic heterocycles. The zero-order chi connectivity index (χ0) is 23.5. The molecule has 1 aromatic carbocycles. The lowest BCUT2D eigenvalue weighted by atomic mass is 10.0. The van der Waals surface area contributed by atoms with Crippen LogP contribution < -0.4 is 15.4 Å².